The van der Waals surface area contributed by atoms with Crippen LogP contribution < -0.4 is 0 Å². The Balaban J connectivity index is 2.94. The molecule has 0 N–H and O–H groups in total. The summed E-state index contributed by atoms with van der Waals surface area (Å²) in [6, 6.07) is 1.96. The number of hydrogen-bond acceptors (Lipinski definition) is 3. The molecule has 1 heterocycles. The number of aldehydes is 1. The molecule has 12 heavy (non-hydrogen) atoms. The summed E-state index contributed by atoms with van der Waals surface area (Å²) in [5, 5.41) is 2.02. The van der Waals surface area contributed by atoms with Gasteiger partial charge >= 0.3 is 0 Å². The van der Waals surface area contributed by atoms with Crippen LogP contribution in [0, 0.1) is 6.92 Å². The minimum Gasteiger partial charge on any atom is -0.301 e. The maximum atomic E-state index is 10.8. The van der Waals surface area contributed by atoms with Crippen molar-refractivity contribution >= 4 is 17.6 Å². The summed E-state index contributed by atoms with van der Waals surface area (Å²) in [7, 11) is 3.83. The van der Waals surface area contributed by atoms with E-state index in [1.54, 1.807) is 11.3 Å². The number of nitrogens with zero attached hydrogens (tertiary/aromatic N) is 1. The van der Waals surface area contributed by atoms with Gasteiger partial charge in [-0.2, -0.15) is 0 Å². The summed E-state index contributed by atoms with van der Waals surface area (Å²) in [5.74, 6) is 0. The Bertz CT molecular complexity index is 267. The Kier molecular flexibility index (Phi) is 3.00. The van der Waals surface area contributed by atoms with Crippen LogP contribution in [0.1, 0.15) is 16.5 Å². The maximum Gasteiger partial charge on any atom is 0.142 e. The van der Waals surface area contributed by atoms with Gasteiger partial charge in [-0.15, -0.1) is 11.3 Å². The van der Waals surface area contributed by atoms with Crippen molar-refractivity contribution in [3.63, 3.8) is 0 Å². The number of hydrogen-bond donors (Lipinski definition) is 0. The van der Waals surface area contributed by atoms with E-state index >= 15 is 0 Å². The molecule has 0 aliphatic rings. The van der Waals surface area contributed by atoms with Crippen LogP contribution in [0.15, 0.2) is 11.4 Å². The zero-order valence-corrected chi connectivity index (χ0v) is 8.39. The normalized spacial score (nSPS) is 13.3. The predicted molar refractivity (Wildman–Crippen MR) is 51.5 cm³/mol. The number of aryl methyl sites for hydroxylation is 1. The van der Waals surface area contributed by atoms with Crippen LogP contribution >= 0.6 is 11.3 Å². The number of likely N-dealkylation sites (N-methyl/N-ethyl adjacent to an activating group) is 1. The van der Waals surface area contributed by atoms with Gasteiger partial charge in [-0.1, -0.05) is 0 Å². The third kappa shape index (κ3) is 1.73. The first-order valence-corrected chi connectivity index (χ1v) is 4.70. The minimum absolute atomic E-state index is 0.0787. The molecule has 1 aromatic rings. The van der Waals surface area contributed by atoms with Crippen molar-refractivity contribution < 1.29 is 4.79 Å². The molecule has 0 saturated carbocycles. The molecule has 1 rings (SSSR count). The van der Waals surface area contributed by atoms with E-state index in [1.807, 2.05) is 37.4 Å². The first-order chi connectivity index (χ1) is 5.66. The molecule has 1 unspecified atom stereocenters. The summed E-state index contributed by atoms with van der Waals surface area (Å²) < 4.78 is 0. The highest BCUT2D eigenvalue weighted by atomic mass is 32.1. The topological polar surface area (TPSA) is 20.3 Å². The molecular weight excluding hydrogens is 170 g/mol. The molecular formula is C9H13NOS. The van der Waals surface area contributed by atoms with Crippen molar-refractivity contribution in [1.82, 2.24) is 4.90 Å². The smallest absolute Gasteiger partial charge is 0.142 e. The molecule has 1 aromatic heterocycles. The Labute approximate surface area is 76.8 Å². The molecule has 66 valence electrons. The number of carbonyl (C=O) groups excluding carboxylic acids is 1. The highest BCUT2D eigenvalue weighted by Crippen LogP contribution is 2.25. The summed E-state index contributed by atoms with van der Waals surface area (Å²) in [6.45, 7) is 2.03. The molecule has 0 bridgehead atoms. The van der Waals surface area contributed by atoms with Crippen molar-refractivity contribution in [2.24, 2.45) is 0 Å². The Morgan fingerprint density at radius 1 is 1.58 bits per heavy atom. The second kappa shape index (κ2) is 3.83. The Hall–Kier alpha value is -0.670. The molecule has 3 heteroatoms. The second-order valence-corrected chi connectivity index (χ2v) is 3.96. The van der Waals surface area contributed by atoms with E-state index in [4.69, 9.17) is 0 Å². The molecule has 0 aliphatic heterocycles. The molecule has 0 saturated heterocycles. The maximum absolute atomic E-state index is 10.8. The van der Waals surface area contributed by atoms with Gasteiger partial charge in [0, 0.05) is 4.88 Å². The molecule has 0 fully saturated rings. The van der Waals surface area contributed by atoms with Gasteiger partial charge < -0.3 is 4.79 Å². The quantitative estimate of drug-likeness (QED) is 0.667. The number of thiophene rings is 1. The highest BCUT2D eigenvalue weighted by molar-refractivity contribution is 7.10. The Morgan fingerprint density at radius 2 is 2.25 bits per heavy atom. The van der Waals surface area contributed by atoms with E-state index < -0.39 is 0 Å². The van der Waals surface area contributed by atoms with Crippen LogP contribution in [0.25, 0.3) is 0 Å². The van der Waals surface area contributed by atoms with Gasteiger partial charge in [0.15, 0.2) is 0 Å². The van der Waals surface area contributed by atoms with E-state index in [9.17, 15) is 4.79 Å². The zero-order valence-electron chi connectivity index (χ0n) is 7.57. The average molecular weight is 183 g/mol. The summed E-state index contributed by atoms with van der Waals surface area (Å²) in [6.07, 6.45) is 0.985. The van der Waals surface area contributed by atoms with Crippen LogP contribution in [-0.2, 0) is 4.79 Å². The fraction of sp³-hybridized carbons (Fsp3) is 0.444. The zero-order chi connectivity index (χ0) is 9.14. The molecule has 1 atom stereocenters. The third-order valence-electron chi connectivity index (χ3n) is 1.86. The molecule has 0 aromatic carbocycles. The second-order valence-electron chi connectivity index (χ2n) is 3.01. The first kappa shape index (κ1) is 9.42. The lowest BCUT2D eigenvalue weighted by atomic mass is 10.2. The summed E-state index contributed by atoms with van der Waals surface area (Å²) in [5.41, 5.74) is 1.20. The van der Waals surface area contributed by atoms with Gasteiger partial charge in [-0.05, 0) is 38.0 Å². The van der Waals surface area contributed by atoms with Crippen molar-refractivity contribution in [3.05, 3.63) is 21.9 Å². The van der Waals surface area contributed by atoms with E-state index in [0.29, 0.717) is 0 Å². The van der Waals surface area contributed by atoms with E-state index in [1.165, 1.54) is 5.56 Å². The van der Waals surface area contributed by atoms with E-state index in [-0.39, 0.29) is 6.04 Å². The van der Waals surface area contributed by atoms with Crippen LogP contribution in [0.3, 0.4) is 0 Å². The first-order valence-electron chi connectivity index (χ1n) is 3.82. The van der Waals surface area contributed by atoms with Gasteiger partial charge in [-0.3, -0.25) is 4.90 Å². The fourth-order valence-electron chi connectivity index (χ4n) is 1.11. The summed E-state index contributed by atoms with van der Waals surface area (Å²) in [4.78, 5) is 13.8. The molecule has 0 radical (unpaired) electrons. The van der Waals surface area contributed by atoms with Gasteiger partial charge in [0.1, 0.15) is 12.3 Å². The molecule has 0 amide bonds. The average Bonchev–Trinajstić information content (AvgIpc) is 2.38. The van der Waals surface area contributed by atoms with E-state index in [0.717, 1.165) is 11.2 Å². The lowest BCUT2D eigenvalue weighted by Gasteiger charge is -2.17. The monoisotopic (exact) mass is 183 g/mol. The van der Waals surface area contributed by atoms with Gasteiger partial charge in [-0.25, -0.2) is 0 Å². The largest absolute Gasteiger partial charge is 0.301 e. The number of rotatable bonds is 3. The SMILES string of the molecule is Cc1ccsc1C(C=O)N(C)C. The van der Waals surface area contributed by atoms with Crippen molar-refractivity contribution in [2.45, 2.75) is 13.0 Å². The van der Waals surface area contributed by atoms with Gasteiger partial charge in [0.05, 0.1) is 0 Å². The fourth-order valence-corrected chi connectivity index (χ4v) is 2.18. The molecule has 2 nitrogen and oxygen atoms in total. The third-order valence-corrected chi connectivity index (χ3v) is 2.95. The lowest BCUT2D eigenvalue weighted by Crippen LogP contribution is -2.20. The van der Waals surface area contributed by atoms with Crippen molar-refractivity contribution in [1.29, 1.82) is 0 Å². The lowest BCUT2D eigenvalue weighted by molar-refractivity contribution is -0.111. The minimum atomic E-state index is -0.0787. The highest BCUT2D eigenvalue weighted by Gasteiger charge is 2.15. The van der Waals surface area contributed by atoms with Gasteiger partial charge in [0.25, 0.3) is 0 Å². The van der Waals surface area contributed by atoms with Crippen molar-refractivity contribution in [3.8, 4) is 0 Å². The Morgan fingerprint density at radius 3 is 2.58 bits per heavy atom. The summed E-state index contributed by atoms with van der Waals surface area (Å²) >= 11 is 1.64. The predicted octanol–water partition coefficient (Wildman–Crippen LogP) is 1.86. The van der Waals surface area contributed by atoms with Crippen LogP contribution in [0.5, 0.6) is 0 Å². The van der Waals surface area contributed by atoms with Crippen LogP contribution in [0.2, 0.25) is 0 Å². The number of carbonyl (C=O) groups is 1. The van der Waals surface area contributed by atoms with Crippen LogP contribution in [-0.4, -0.2) is 25.3 Å². The molecule has 0 spiro atoms. The van der Waals surface area contributed by atoms with E-state index in [2.05, 4.69) is 0 Å². The standard InChI is InChI=1S/C9H13NOS/c1-7-4-5-12-9(7)8(6-11)10(2)3/h4-6,8H,1-3H3. The van der Waals surface area contributed by atoms with Crippen LogP contribution in [0.4, 0.5) is 0 Å². The van der Waals surface area contributed by atoms with Crippen molar-refractivity contribution in [2.75, 3.05) is 14.1 Å². The molecule has 0 aliphatic carbocycles. The van der Waals surface area contributed by atoms with Gasteiger partial charge in [0.2, 0.25) is 0 Å².